The Bertz CT molecular complexity index is 427. The molecule has 0 radical (unpaired) electrons. The van der Waals surface area contributed by atoms with Crippen LogP contribution in [-0.2, 0) is 9.47 Å². The molecule has 0 unspecified atom stereocenters. The second-order valence-electron chi connectivity index (χ2n) is 3.53. The van der Waals surface area contributed by atoms with Gasteiger partial charge in [0, 0.05) is 17.0 Å². The van der Waals surface area contributed by atoms with Crippen molar-refractivity contribution in [1.82, 2.24) is 0 Å². The SMILES string of the molecule is CCCC1=C(c2ccc(Cl)cc2Cl)OCO1. The number of allylic oxidation sites excluding steroid dienone is 1. The first-order valence-electron chi connectivity index (χ1n) is 5.16. The number of halogens is 2. The molecule has 16 heavy (non-hydrogen) atoms. The molecule has 4 heteroatoms. The highest BCUT2D eigenvalue weighted by Crippen LogP contribution is 2.34. The van der Waals surface area contributed by atoms with E-state index in [-0.39, 0.29) is 6.79 Å². The van der Waals surface area contributed by atoms with Crippen molar-refractivity contribution in [3.8, 4) is 0 Å². The molecule has 1 aromatic rings. The lowest BCUT2D eigenvalue weighted by molar-refractivity contribution is 0.0843. The molecule has 1 aliphatic rings. The van der Waals surface area contributed by atoms with Gasteiger partial charge in [0.2, 0.25) is 6.79 Å². The van der Waals surface area contributed by atoms with Gasteiger partial charge in [0.25, 0.3) is 0 Å². The maximum absolute atomic E-state index is 6.12. The van der Waals surface area contributed by atoms with Gasteiger partial charge in [0.05, 0.1) is 5.02 Å². The van der Waals surface area contributed by atoms with Gasteiger partial charge in [0.15, 0.2) is 5.76 Å². The number of benzene rings is 1. The molecule has 0 aliphatic carbocycles. The van der Waals surface area contributed by atoms with Crippen LogP contribution in [0.2, 0.25) is 10.0 Å². The van der Waals surface area contributed by atoms with Crippen LogP contribution in [0.5, 0.6) is 0 Å². The van der Waals surface area contributed by atoms with Gasteiger partial charge < -0.3 is 9.47 Å². The maximum atomic E-state index is 6.12. The predicted octanol–water partition coefficient (Wildman–Crippen LogP) is 4.47. The quantitative estimate of drug-likeness (QED) is 0.797. The fourth-order valence-corrected chi connectivity index (χ4v) is 2.11. The molecule has 0 fully saturated rings. The van der Waals surface area contributed by atoms with E-state index in [1.54, 1.807) is 12.1 Å². The van der Waals surface area contributed by atoms with E-state index in [1.807, 2.05) is 6.07 Å². The van der Waals surface area contributed by atoms with Crippen LogP contribution in [0.25, 0.3) is 5.76 Å². The van der Waals surface area contributed by atoms with Gasteiger partial charge in [-0.25, -0.2) is 0 Å². The molecule has 1 aliphatic heterocycles. The largest absolute Gasteiger partial charge is 0.458 e. The molecular formula is C12H12Cl2O2. The lowest BCUT2D eigenvalue weighted by Gasteiger charge is -2.06. The van der Waals surface area contributed by atoms with Gasteiger partial charge in [-0.2, -0.15) is 0 Å². The van der Waals surface area contributed by atoms with Gasteiger partial charge in [-0.1, -0.05) is 30.1 Å². The highest BCUT2D eigenvalue weighted by molar-refractivity contribution is 6.35. The van der Waals surface area contributed by atoms with Crippen LogP contribution in [0.3, 0.4) is 0 Å². The zero-order valence-electron chi connectivity index (χ0n) is 8.93. The van der Waals surface area contributed by atoms with E-state index in [0.717, 1.165) is 29.9 Å². The van der Waals surface area contributed by atoms with E-state index < -0.39 is 0 Å². The smallest absolute Gasteiger partial charge is 0.230 e. The maximum Gasteiger partial charge on any atom is 0.230 e. The normalized spacial score (nSPS) is 14.9. The van der Waals surface area contributed by atoms with E-state index >= 15 is 0 Å². The average Bonchev–Trinajstić information content (AvgIpc) is 2.67. The Morgan fingerprint density at radius 1 is 1.25 bits per heavy atom. The molecule has 0 spiro atoms. The van der Waals surface area contributed by atoms with E-state index in [1.165, 1.54) is 0 Å². The van der Waals surface area contributed by atoms with E-state index in [9.17, 15) is 0 Å². The minimum Gasteiger partial charge on any atom is -0.458 e. The third kappa shape index (κ3) is 2.28. The van der Waals surface area contributed by atoms with Crippen LogP contribution < -0.4 is 0 Å². The molecule has 1 aromatic carbocycles. The van der Waals surface area contributed by atoms with Crippen molar-refractivity contribution in [3.63, 3.8) is 0 Å². The molecular weight excluding hydrogens is 247 g/mol. The van der Waals surface area contributed by atoms with Gasteiger partial charge in [0.1, 0.15) is 5.76 Å². The summed E-state index contributed by atoms with van der Waals surface area (Å²) < 4.78 is 10.9. The highest BCUT2D eigenvalue weighted by atomic mass is 35.5. The molecule has 2 nitrogen and oxygen atoms in total. The summed E-state index contributed by atoms with van der Waals surface area (Å²) in [5.74, 6) is 1.61. The Morgan fingerprint density at radius 3 is 2.75 bits per heavy atom. The second kappa shape index (κ2) is 4.98. The summed E-state index contributed by atoms with van der Waals surface area (Å²) in [6, 6.07) is 5.35. The lowest BCUT2D eigenvalue weighted by atomic mass is 10.1. The molecule has 2 rings (SSSR count). The molecule has 0 N–H and O–H groups in total. The molecule has 0 atom stereocenters. The summed E-state index contributed by atoms with van der Waals surface area (Å²) >= 11 is 12.0. The van der Waals surface area contributed by atoms with Crippen LogP contribution in [0.4, 0.5) is 0 Å². The fourth-order valence-electron chi connectivity index (χ4n) is 1.62. The number of ether oxygens (including phenoxy) is 2. The van der Waals surface area contributed by atoms with Crippen molar-refractivity contribution >= 4 is 29.0 Å². The van der Waals surface area contributed by atoms with Crippen LogP contribution >= 0.6 is 23.2 Å². The Balaban J connectivity index is 2.39. The van der Waals surface area contributed by atoms with Gasteiger partial charge in [-0.3, -0.25) is 0 Å². The Morgan fingerprint density at radius 2 is 2.06 bits per heavy atom. The summed E-state index contributed by atoms with van der Waals surface area (Å²) in [6.45, 7) is 2.36. The van der Waals surface area contributed by atoms with Crippen molar-refractivity contribution in [2.24, 2.45) is 0 Å². The topological polar surface area (TPSA) is 18.5 Å². The van der Waals surface area contributed by atoms with Crippen LogP contribution in [-0.4, -0.2) is 6.79 Å². The van der Waals surface area contributed by atoms with E-state index in [4.69, 9.17) is 32.7 Å². The van der Waals surface area contributed by atoms with Crippen molar-refractivity contribution in [2.45, 2.75) is 19.8 Å². The van der Waals surface area contributed by atoms with Crippen LogP contribution in [0.15, 0.2) is 24.0 Å². The van der Waals surface area contributed by atoms with Gasteiger partial charge in [-0.15, -0.1) is 0 Å². The van der Waals surface area contributed by atoms with E-state index in [2.05, 4.69) is 6.92 Å². The number of hydrogen-bond acceptors (Lipinski definition) is 2. The zero-order valence-corrected chi connectivity index (χ0v) is 10.4. The summed E-state index contributed by atoms with van der Waals surface area (Å²) in [6.07, 6.45) is 1.86. The van der Waals surface area contributed by atoms with Crippen molar-refractivity contribution < 1.29 is 9.47 Å². The minimum absolute atomic E-state index is 0.267. The van der Waals surface area contributed by atoms with Crippen molar-refractivity contribution in [3.05, 3.63) is 39.6 Å². The Labute approximate surface area is 105 Å². The van der Waals surface area contributed by atoms with Gasteiger partial charge >= 0.3 is 0 Å². The molecule has 0 bridgehead atoms. The monoisotopic (exact) mass is 258 g/mol. The average molecular weight is 259 g/mol. The molecule has 0 amide bonds. The fraction of sp³-hybridized carbons (Fsp3) is 0.333. The number of hydrogen-bond donors (Lipinski definition) is 0. The lowest BCUT2D eigenvalue weighted by Crippen LogP contribution is -1.89. The molecule has 0 saturated heterocycles. The van der Waals surface area contributed by atoms with Crippen molar-refractivity contribution in [1.29, 1.82) is 0 Å². The third-order valence-electron chi connectivity index (χ3n) is 2.34. The molecule has 86 valence electrons. The van der Waals surface area contributed by atoms with Crippen LogP contribution in [0, 0.1) is 0 Å². The molecule has 1 heterocycles. The molecule has 0 saturated carbocycles. The Kier molecular flexibility index (Phi) is 3.62. The standard InChI is InChI=1S/C12H12Cl2O2/c1-2-3-11-12(16-7-15-11)9-5-4-8(13)6-10(9)14/h4-6H,2-3,7H2,1H3. The predicted molar refractivity (Wildman–Crippen MR) is 65.3 cm³/mol. The third-order valence-corrected chi connectivity index (χ3v) is 2.89. The Hall–Kier alpha value is -0.860. The minimum atomic E-state index is 0.267. The van der Waals surface area contributed by atoms with E-state index in [0.29, 0.717) is 10.0 Å². The first kappa shape index (κ1) is 11.6. The highest BCUT2D eigenvalue weighted by Gasteiger charge is 2.20. The van der Waals surface area contributed by atoms with Crippen LogP contribution in [0.1, 0.15) is 25.3 Å². The van der Waals surface area contributed by atoms with Gasteiger partial charge in [-0.05, 0) is 24.6 Å². The summed E-state index contributed by atoms with van der Waals surface area (Å²) in [4.78, 5) is 0. The molecule has 0 aromatic heterocycles. The second-order valence-corrected chi connectivity index (χ2v) is 4.38. The first-order valence-corrected chi connectivity index (χ1v) is 5.92. The summed E-state index contributed by atoms with van der Waals surface area (Å²) in [5, 5.41) is 1.20. The number of rotatable bonds is 3. The summed E-state index contributed by atoms with van der Waals surface area (Å²) in [7, 11) is 0. The zero-order chi connectivity index (χ0) is 11.5. The van der Waals surface area contributed by atoms with Crippen molar-refractivity contribution in [2.75, 3.05) is 6.79 Å². The first-order chi connectivity index (χ1) is 7.72. The summed E-state index contributed by atoms with van der Waals surface area (Å²) in [5.41, 5.74) is 0.840.